The number of benzene rings is 1. The van der Waals surface area contributed by atoms with E-state index >= 15 is 0 Å². The van der Waals surface area contributed by atoms with Gasteiger partial charge in [0.2, 0.25) is 0 Å². The minimum atomic E-state index is -0.481. The van der Waals surface area contributed by atoms with Crippen molar-refractivity contribution >= 4 is 33.6 Å². The monoisotopic (exact) mass is 375 g/mol. The second kappa shape index (κ2) is 6.44. The summed E-state index contributed by atoms with van der Waals surface area (Å²) in [5.41, 5.74) is -0.481. The Bertz CT molecular complexity index is 530. The molecule has 1 aromatic carbocycles. The molecule has 1 aliphatic heterocycles. The molecule has 1 aliphatic rings. The SMILES string of the molecule is CC(C)(C)OC(=O)N1CC[C@@H](Oc2ccc(Br)cc2Cl)C1. The molecule has 1 amide bonds. The fourth-order valence-electron chi connectivity index (χ4n) is 2.07. The molecule has 0 aliphatic carbocycles. The Balaban J connectivity index is 1.92. The first kappa shape index (κ1) is 16.4. The van der Waals surface area contributed by atoms with Gasteiger partial charge >= 0.3 is 6.09 Å². The molecule has 4 nitrogen and oxygen atoms in total. The average molecular weight is 377 g/mol. The molecule has 2 rings (SSSR count). The molecule has 0 aromatic heterocycles. The summed E-state index contributed by atoms with van der Waals surface area (Å²) in [4.78, 5) is 13.7. The van der Waals surface area contributed by atoms with Gasteiger partial charge in [-0.15, -0.1) is 0 Å². The van der Waals surface area contributed by atoms with Crippen molar-refractivity contribution in [3.05, 3.63) is 27.7 Å². The fraction of sp³-hybridized carbons (Fsp3) is 0.533. The molecule has 0 bridgehead atoms. The van der Waals surface area contributed by atoms with Crippen molar-refractivity contribution in [3.8, 4) is 5.75 Å². The largest absolute Gasteiger partial charge is 0.487 e. The van der Waals surface area contributed by atoms with Gasteiger partial charge in [-0.1, -0.05) is 27.5 Å². The highest BCUT2D eigenvalue weighted by Gasteiger charge is 2.31. The third-order valence-electron chi connectivity index (χ3n) is 2.98. The molecule has 0 spiro atoms. The van der Waals surface area contributed by atoms with Gasteiger partial charge < -0.3 is 14.4 Å². The number of nitrogens with zero attached hydrogens (tertiary/aromatic N) is 1. The van der Waals surface area contributed by atoms with Crippen molar-refractivity contribution in [2.45, 2.75) is 38.9 Å². The third-order valence-corrected chi connectivity index (χ3v) is 3.77. The van der Waals surface area contributed by atoms with Gasteiger partial charge in [-0.05, 0) is 39.0 Å². The van der Waals surface area contributed by atoms with E-state index in [0.29, 0.717) is 23.9 Å². The summed E-state index contributed by atoms with van der Waals surface area (Å²) in [7, 11) is 0. The van der Waals surface area contributed by atoms with Crippen LogP contribution in [0.25, 0.3) is 0 Å². The molecule has 1 heterocycles. The van der Waals surface area contributed by atoms with E-state index in [9.17, 15) is 4.79 Å². The Kier molecular flexibility index (Phi) is 5.04. The van der Waals surface area contributed by atoms with E-state index in [4.69, 9.17) is 21.1 Å². The standard InChI is InChI=1S/C15H19BrClNO3/c1-15(2,3)21-14(19)18-7-6-11(9-18)20-13-5-4-10(16)8-12(13)17/h4-5,8,11H,6-7,9H2,1-3H3/t11-/m1/s1. The molecule has 1 fully saturated rings. The summed E-state index contributed by atoms with van der Waals surface area (Å²) in [5.74, 6) is 0.635. The van der Waals surface area contributed by atoms with Gasteiger partial charge in [0.15, 0.2) is 0 Å². The van der Waals surface area contributed by atoms with Gasteiger partial charge in [0.1, 0.15) is 17.5 Å². The summed E-state index contributed by atoms with van der Waals surface area (Å²) < 4.78 is 12.1. The topological polar surface area (TPSA) is 38.8 Å². The highest BCUT2D eigenvalue weighted by atomic mass is 79.9. The van der Waals surface area contributed by atoms with Crippen LogP contribution in [0.15, 0.2) is 22.7 Å². The van der Waals surface area contributed by atoms with Crippen molar-refractivity contribution in [1.82, 2.24) is 4.90 Å². The number of likely N-dealkylation sites (tertiary alicyclic amines) is 1. The summed E-state index contributed by atoms with van der Waals surface area (Å²) in [6, 6.07) is 5.49. The van der Waals surface area contributed by atoms with Crippen LogP contribution >= 0.6 is 27.5 Å². The Morgan fingerprint density at radius 3 is 2.76 bits per heavy atom. The van der Waals surface area contributed by atoms with Crippen molar-refractivity contribution in [1.29, 1.82) is 0 Å². The molecule has 0 unspecified atom stereocenters. The number of rotatable bonds is 2. The van der Waals surface area contributed by atoms with Crippen molar-refractivity contribution in [2.75, 3.05) is 13.1 Å². The Morgan fingerprint density at radius 2 is 2.14 bits per heavy atom. The van der Waals surface area contributed by atoms with Gasteiger partial charge in [0, 0.05) is 17.4 Å². The zero-order chi connectivity index (χ0) is 15.6. The number of carbonyl (C=O) groups excluding carboxylic acids is 1. The lowest BCUT2D eigenvalue weighted by molar-refractivity contribution is 0.0276. The van der Waals surface area contributed by atoms with Gasteiger partial charge in [0.05, 0.1) is 11.6 Å². The predicted octanol–water partition coefficient (Wildman–Crippen LogP) is 4.49. The molecule has 116 valence electrons. The van der Waals surface area contributed by atoms with E-state index in [1.165, 1.54) is 0 Å². The first-order valence-corrected chi connectivity index (χ1v) is 8.01. The number of ether oxygens (including phenoxy) is 2. The second-order valence-corrected chi connectivity index (χ2v) is 7.35. The summed E-state index contributed by atoms with van der Waals surface area (Å²) in [6.45, 7) is 6.72. The van der Waals surface area contributed by atoms with Crippen LogP contribution in [0, 0.1) is 0 Å². The van der Waals surface area contributed by atoms with E-state index in [1.807, 2.05) is 32.9 Å². The smallest absolute Gasteiger partial charge is 0.410 e. The molecule has 1 atom stereocenters. The first-order chi connectivity index (χ1) is 9.74. The normalized spacial score (nSPS) is 18.7. The highest BCUT2D eigenvalue weighted by Crippen LogP contribution is 2.30. The second-order valence-electron chi connectivity index (χ2n) is 6.03. The Hall–Kier alpha value is -0.940. The van der Waals surface area contributed by atoms with Crippen LogP contribution in [0.5, 0.6) is 5.75 Å². The first-order valence-electron chi connectivity index (χ1n) is 6.84. The molecule has 1 aromatic rings. The molecule has 0 radical (unpaired) electrons. The molecule has 0 saturated carbocycles. The molecule has 1 saturated heterocycles. The van der Waals surface area contributed by atoms with Gasteiger partial charge in [0.25, 0.3) is 0 Å². The van der Waals surface area contributed by atoms with Crippen LogP contribution in [0.3, 0.4) is 0 Å². The van der Waals surface area contributed by atoms with E-state index in [1.54, 1.807) is 11.0 Å². The minimum absolute atomic E-state index is 0.0591. The summed E-state index contributed by atoms with van der Waals surface area (Å²) in [6.07, 6.45) is 0.415. The van der Waals surface area contributed by atoms with Gasteiger partial charge in [-0.3, -0.25) is 0 Å². The molecule has 0 N–H and O–H groups in total. The zero-order valence-electron chi connectivity index (χ0n) is 12.4. The minimum Gasteiger partial charge on any atom is -0.487 e. The third kappa shape index (κ3) is 4.78. The van der Waals surface area contributed by atoms with Crippen LogP contribution in [-0.2, 0) is 4.74 Å². The van der Waals surface area contributed by atoms with E-state index in [2.05, 4.69) is 15.9 Å². The Morgan fingerprint density at radius 1 is 1.43 bits per heavy atom. The number of carbonyl (C=O) groups is 1. The van der Waals surface area contributed by atoms with Crippen LogP contribution in [0.2, 0.25) is 5.02 Å². The van der Waals surface area contributed by atoms with Gasteiger partial charge in [-0.2, -0.15) is 0 Å². The van der Waals surface area contributed by atoms with Crippen LogP contribution in [0.4, 0.5) is 4.79 Å². The van der Waals surface area contributed by atoms with E-state index in [0.717, 1.165) is 10.9 Å². The highest BCUT2D eigenvalue weighted by molar-refractivity contribution is 9.10. The lowest BCUT2D eigenvalue weighted by atomic mass is 10.2. The quantitative estimate of drug-likeness (QED) is 0.763. The lowest BCUT2D eigenvalue weighted by Crippen LogP contribution is -2.36. The molecule has 6 heteroatoms. The Labute approximate surface area is 138 Å². The number of hydrogen-bond acceptors (Lipinski definition) is 3. The van der Waals surface area contributed by atoms with Crippen LogP contribution < -0.4 is 4.74 Å². The average Bonchev–Trinajstić information content (AvgIpc) is 2.79. The maximum Gasteiger partial charge on any atom is 0.410 e. The molecular formula is C15H19BrClNO3. The van der Waals surface area contributed by atoms with Gasteiger partial charge in [-0.25, -0.2) is 4.79 Å². The fourth-order valence-corrected chi connectivity index (χ4v) is 2.79. The number of amides is 1. The summed E-state index contributed by atoms with van der Waals surface area (Å²) in [5, 5.41) is 0.556. The van der Waals surface area contributed by atoms with Crippen molar-refractivity contribution in [3.63, 3.8) is 0 Å². The maximum atomic E-state index is 12.0. The van der Waals surface area contributed by atoms with Crippen LogP contribution in [-0.4, -0.2) is 35.8 Å². The number of hydrogen-bond donors (Lipinski definition) is 0. The molecule has 21 heavy (non-hydrogen) atoms. The van der Waals surface area contributed by atoms with E-state index < -0.39 is 5.60 Å². The summed E-state index contributed by atoms with van der Waals surface area (Å²) >= 11 is 9.49. The van der Waals surface area contributed by atoms with Crippen LogP contribution in [0.1, 0.15) is 27.2 Å². The number of halogens is 2. The van der Waals surface area contributed by atoms with Crippen molar-refractivity contribution in [2.24, 2.45) is 0 Å². The lowest BCUT2D eigenvalue weighted by Gasteiger charge is -2.24. The van der Waals surface area contributed by atoms with E-state index in [-0.39, 0.29) is 12.2 Å². The molecular weight excluding hydrogens is 358 g/mol. The predicted molar refractivity (Wildman–Crippen MR) is 86.0 cm³/mol. The zero-order valence-corrected chi connectivity index (χ0v) is 14.7. The van der Waals surface area contributed by atoms with Crippen molar-refractivity contribution < 1.29 is 14.3 Å². The maximum absolute atomic E-state index is 12.0.